The third kappa shape index (κ3) is 7.10. The van der Waals surface area contributed by atoms with E-state index in [1.54, 1.807) is 41.0 Å². The summed E-state index contributed by atoms with van der Waals surface area (Å²) in [7, 11) is 0. The fourth-order valence-electron chi connectivity index (χ4n) is 3.05. The van der Waals surface area contributed by atoms with E-state index < -0.39 is 24.0 Å². The molecular formula is C22H25N4O8+. The van der Waals surface area contributed by atoms with Crippen molar-refractivity contribution in [3.05, 3.63) is 53.3 Å². The van der Waals surface area contributed by atoms with Gasteiger partial charge in [-0.2, -0.15) is 4.79 Å². The minimum atomic E-state index is -1.15. The van der Waals surface area contributed by atoms with Crippen LogP contribution in [0.15, 0.2) is 36.4 Å². The van der Waals surface area contributed by atoms with Crippen LogP contribution < -0.4 is 10.9 Å². The lowest BCUT2D eigenvalue weighted by atomic mass is 10.1. The molecule has 1 aliphatic rings. The number of carboxylic acid groups (broad SMARTS) is 2. The number of nitrogens with one attached hydrogen (secondary N) is 2. The van der Waals surface area contributed by atoms with Gasteiger partial charge in [-0.1, -0.05) is 0 Å². The van der Waals surface area contributed by atoms with E-state index >= 15 is 0 Å². The number of amides is 2. The number of aromatic nitrogens is 1. The molecule has 0 fully saturated rings. The van der Waals surface area contributed by atoms with Crippen LogP contribution in [0.2, 0.25) is 0 Å². The summed E-state index contributed by atoms with van der Waals surface area (Å²) in [5.74, 6) is -1.29. The molecule has 0 aliphatic carbocycles. The zero-order valence-electron chi connectivity index (χ0n) is 18.1. The van der Waals surface area contributed by atoms with Crippen molar-refractivity contribution in [2.75, 3.05) is 5.43 Å². The van der Waals surface area contributed by atoms with E-state index in [1.165, 1.54) is 6.21 Å². The number of carboxylic acids is 1. The molecule has 34 heavy (non-hydrogen) atoms. The molecule has 5 N–H and O–H groups in total. The highest BCUT2D eigenvalue weighted by Crippen LogP contribution is 2.10. The van der Waals surface area contributed by atoms with Gasteiger partial charge < -0.3 is 19.9 Å². The number of anilines is 1. The standard InChI is InChI=1S/C12H11N3O4.C10H13NO4/c16-7-8-1-3-9(4-2-8)13-14-11(17)10-5-6-15(10)12(18)19;12-6-8-3-4-9(7-13)11(8)5-1-2-10(14)15/h1-4,6-7,10H,5H2,(H2-,13,14,16,17,18,19);3-4,6,13H,1-2,5,7H2,(H,14,15)/p+1. The van der Waals surface area contributed by atoms with Gasteiger partial charge in [0.2, 0.25) is 0 Å². The lowest BCUT2D eigenvalue weighted by molar-refractivity contribution is -0.492. The number of aliphatic hydroxyl groups excluding tert-OH is 1. The Labute approximate surface area is 194 Å². The summed E-state index contributed by atoms with van der Waals surface area (Å²) in [4.78, 5) is 53.8. The first-order valence-corrected chi connectivity index (χ1v) is 10.2. The van der Waals surface area contributed by atoms with Gasteiger partial charge in [-0.3, -0.25) is 30.0 Å². The first-order valence-electron chi connectivity index (χ1n) is 10.2. The Hall–Kier alpha value is -4.32. The summed E-state index contributed by atoms with van der Waals surface area (Å²) in [6, 6.07) is 9.03. The molecule has 12 heteroatoms. The van der Waals surface area contributed by atoms with Crippen molar-refractivity contribution < 1.29 is 43.9 Å². The molecule has 0 saturated heterocycles. The molecule has 1 aromatic carbocycles. The summed E-state index contributed by atoms with van der Waals surface area (Å²) in [5, 5.41) is 26.2. The molecular weight excluding hydrogens is 448 g/mol. The average molecular weight is 473 g/mol. The zero-order chi connectivity index (χ0) is 25.1. The van der Waals surface area contributed by atoms with Gasteiger partial charge in [0, 0.05) is 24.2 Å². The van der Waals surface area contributed by atoms with Crippen LogP contribution >= 0.6 is 0 Å². The fraction of sp³-hybridized carbons (Fsp3) is 0.273. The molecule has 1 aromatic heterocycles. The first kappa shape index (κ1) is 25.9. The molecule has 3 rings (SSSR count). The molecule has 1 unspecified atom stereocenters. The third-order valence-corrected chi connectivity index (χ3v) is 4.92. The molecule has 0 bridgehead atoms. The lowest BCUT2D eigenvalue weighted by Gasteiger charge is -2.17. The molecule has 1 aliphatic heterocycles. The number of aldehydes is 2. The minimum Gasteiger partial charge on any atom is -0.481 e. The predicted octanol–water partition coefficient (Wildman–Crippen LogP) is 1.13. The van der Waals surface area contributed by atoms with Crippen molar-refractivity contribution in [3.8, 4) is 0 Å². The summed E-state index contributed by atoms with van der Waals surface area (Å²) in [6.45, 7) is 0.282. The van der Waals surface area contributed by atoms with Gasteiger partial charge in [0.15, 0.2) is 12.5 Å². The number of hydrazine groups is 1. The summed E-state index contributed by atoms with van der Waals surface area (Å²) in [5.41, 5.74) is 7.30. The highest BCUT2D eigenvalue weighted by atomic mass is 16.4. The van der Waals surface area contributed by atoms with Crippen molar-refractivity contribution in [1.29, 1.82) is 0 Å². The maximum absolute atomic E-state index is 11.7. The predicted molar refractivity (Wildman–Crippen MR) is 119 cm³/mol. The van der Waals surface area contributed by atoms with Crippen LogP contribution in [0.4, 0.5) is 10.5 Å². The summed E-state index contributed by atoms with van der Waals surface area (Å²) < 4.78 is 2.59. The smallest absolute Gasteiger partial charge is 0.481 e. The maximum atomic E-state index is 11.7. The second kappa shape index (κ2) is 12.6. The van der Waals surface area contributed by atoms with Crippen molar-refractivity contribution in [2.24, 2.45) is 0 Å². The Morgan fingerprint density at radius 1 is 1.06 bits per heavy atom. The van der Waals surface area contributed by atoms with Crippen LogP contribution in [-0.2, 0) is 22.7 Å². The number of benzene rings is 1. The molecule has 12 nitrogen and oxygen atoms in total. The molecule has 2 heterocycles. The Bertz CT molecular complexity index is 1080. The van der Waals surface area contributed by atoms with Crippen LogP contribution in [0, 0.1) is 0 Å². The second-order valence-electron chi connectivity index (χ2n) is 7.15. The minimum absolute atomic E-state index is 0.0569. The maximum Gasteiger partial charge on any atom is 0.594 e. The van der Waals surface area contributed by atoms with E-state index in [9.17, 15) is 24.0 Å². The van der Waals surface area contributed by atoms with E-state index in [0.717, 1.165) is 10.9 Å². The number of carbonyl (C=O) groups is 5. The topological polar surface area (TPSA) is 178 Å². The van der Waals surface area contributed by atoms with Crippen LogP contribution in [0.3, 0.4) is 0 Å². The van der Waals surface area contributed by atoms with Crippen LogP contribution in [0.1, 0.15) is 45.8 Å². The van der Waals surface area contributed by atoms with Crippen molar-refractivity contribution in [2.45, 2.75) is 38.5 Å². The van der Waals surface area contributed by atoms with Gasteiger partial charge in [0.05, 0.1) is 24.4 Å². The van der Waals surface area contributed by atoms with Crippen LogP contribution in [0.5, 0.6) is 0 Å². The lowest BCUT2D eigenvalue weighted by Crippen LogP contribution is -2.52. The quantitative estimate of drug-likeness (QED) is 0.192. The third-order valence-electron chi connectivity index (χ3n) is 4.92. The van der Waals surface area contributed by atoms with E-state index in [1.807, 2.05) is 0 Å². The second-order valence-corrected chi connectivity index (χ2v) is 7.15. The van der Waals surface area contributed by atoms with Crippen LogP contribution in [-0.4, -0.2) is 67.3 Å². The summed E-state index contributed by atoms with van der Waals surface area (Å²) in [6.07, 6.45) is 2.59. The van der Waals surface area contributed by atoms with Gasteiger partial charge in [-0.05, 0) is 42.8 Å². The summed E-state index contributed by atoms with van der Waals surface area (Å²) >= 11 is 0. The van der Waals surface area contributed by atoms with Gasteiger partial charge in [-0.25, -0.2) is 0 Å². The number of aliphatic carboxylic acids is 1. The molecule has 180 valence electrons. The van der Waals surface area contributed by atoms with Gasteiger partial charge in [-0.15, -0.1) is 4.58 Å². The van der Waals surface area contributed by atoms with E-state index in [-0.39, 0.29) is 13.0 Å². The SMILES string of the molecule is O=Cc1ccc(CO)n1CCCC(=O)O.O=Cc1ccc(NNC(=O)C2CC=[N+]2C(=O)O)cc1. The Balaban J connectivity index is 0.000000248. The van der Waals surface area contributed by atoms with Crippen molar-refractivity contribution >= 4 is 42.4 Å². The number of rotatable bonds is 10. The number of nitrogens with zero attached hydrogens (tertiary/aromatic N) is 2. The highest BCUT2D eigenvalue weighted by molar-refractivity contribution is 5.89. The fourth-order valence-corrected chi connectivity index (χ4v) is 3.05. The normalized spacial score (nSPS) is 13.9. The Morgan fingerprint density at radius 2 is 1.76 bits per heavy atom. The van der Waals surface area contributed by atoms with E-state index in [0.29, 0.717) is 48.3 Å². The van der Waals surface area contributed by atoms with Gasteiger partial charge in [0.25, 0.3) is 6.04 Å². The monoisotopic (exact) mass is 473 g/mol. The molecule has 0 saturated carbocycles. The zero-order valence-corrected chi connectivity index (χ0v) is 18.1. The van der Waals surface area contributed by atoms with E-state index in [4.69, 9.17) is 15.3 Å². The number of hydrogen-bond donors (Lipinski definition) is 5. The Kier molecular flexibility index (Phi) is 9.65. The first-order chi connectivity index (χ1) is 16.3. The molecule has 0 radical (unpaired) electrons. The van der Waals surface area contributed by atoms with E-state index in [2.05, 4.69) is 10.9 Å². The molecule has 2 amide bonds. The Morgan fingerprint density at radius 3 is 2.26 bits per heavy atom. The van der Waals surface area contributed by atoms with Crippen molar-refractivity contribution in [3.63, 3.8) is 0 Å². The molecule has 1 atom stereocenters. The van der Waals surface area contributed by atoms with Crippen LogP contribution in [0.25, 0.3) is 0 Å². The number of hydrogen-bond acceptors (Lipinski definition) is 7. The highest BCUT2D eigenvalue weighted by Gasteiger charge is 2.41. The average Bonchev–Trinajstić information content (AvgIpc) is 3.19. The van der Waals surface area contributed by atoms with Crippen molar-refractivity contribution in [1.82, 2.24) is 9.99 Å². The van der Waals surface area contributed by atoms with Gasteiger partial charge in [0.1, 0.15) is 6.29 Å². The van der Waals surface area contributed by atoms with Gasteiger partial charge >= 0.3 is 18.0 Å². The molecule has 2 aromatic rings. The largest absolute Gasteiger partial charge is 0.594 e. The number of carbonyl (C=O) groups excluding carboxylic acids is 3. The number of aliphatic hydroxyl groups is 1. The molecule has 0 spiro atoms.